The average molecular weight is 366 g/mol. The Labute approximate surface area is 158 Å². The molecule has 0 radical (unpaired) electrons. The van der Waals surface area contributed by atoms with Crippen LogP contribution in [0.2, 0.25) is 0 Å². The van der Waals surface area contributed by atoms with Crippen LogP contribution in [0.1, 0.15) is 33.3 Å². The lowest BCUT2D eigenvalue weighted by atomic mass is 10.1. The van der Waals surface area contributed by atoms with E-state index in [1.165, 1.54) is 6.08 Å². The number of hydrogen-bond acceptors (Lipinski definition) is 5. The maximum atomic E-state index is 12.4. The van der Waals surface area contributed by atoms with Gasteiger partial charge in [0, 0.05) is 12.7 Å². The molecule has 0 bridgehead atoms. The van der Waals surface area contributed by atoms with Crippen molar-refractivity contribution in [3.05, 3.63) is 70.9 Å². The van der Waals surface area contributed by atoms with Crippen molar-refractivity contribution in [1.29, 1.82) is 0 Å². The lowest BCUT2D eigenvalue weighted by Crippen LogP contribution is -1.99. The summed E-state index contributed by atoms with van der Waals surface area (Å²) in [6, 6.07) is 11.0. The van der Waals surface area contributed by atoms with Crippen molar-refractivity contribution >= 4 is 11.9 Å². The molecule has 1 aromatic carbocycles. The molecule has 2 heterocycles. The number of ketones is 1. The second-order valence-corrected chi connectivity index (χ2v) is 6.14. The molecule has 0 aliphatic carbocycles. The molecule has 2 aromatic heterocycles. The quantitative estimate of drug-likeness (QED) is 0.465. The molecule has 0 fully saturated rings. The summed E-state index contributed by atoms with van der Waals surface area (Å²) < 4.78 is 18.2. The van der Waals surface area contributed by atoms with Gasteiger partial charge in [0.05, 0.1) is 18.4 Å². The van der Waals surface area contributed by atoms with Crippen molar-refractivity contribution in [2.24, 2.45) is 7.05 Å². The standard InChI is InChI=1S/C21H22N2O4/c1-14-21(15(2)23(3)22-14)20(24)12-11-18-9-10-19(27-18)13-26-17-7-5-16(25-4)6-8-17/h5-12H,13H2,1-4H3. The minimum absolute atomic E-state index is 0.0921. The van der Waals surface area contributed by atoms with Gasteiger partial charge in [-0.2, -0.15) is 5.10 Å². The van der Waals surface area contributed by atoms with E-state index in [4.69, 9.17) is 13.9 Å². The number of aromatic nitrogens is 2. The third-order valence-electron chi connectivity index (χ3n) is 4.28. The summed E-state index contributed by atoms with van der Waals surface area (Å²) in [5.74, 6) is 2.67. The number of aryl methyl sites for hydroxylation is 2. The van der Waals surface area contributed by atoms with Crippen LogP contribution in [0, 0.1) is 13.8 Å². The lowest BCUT2D eigenvalue weighted by molar-refractivity contribution is 0.104. The highest BCUT2D eigenvalue weighted by atomic mass is 16.5. The second kappa shape index (κ2) is 7.95. The minimum atomic E-state index is -0.0921. The normalized spacial score (nSPS) is 11.1. The summed E-state index contributed by atoms with van der Waals surface area (Å²) in [7, 11) is 3.44. The SMILES string of the molecule is COc1ccc(OCc2ccc(C=CC(=O)c3c(C)nn(C)c3C)o2)cc1. The third-order valence-corrected chi connectivity index (χ3v) is 4.28. The van der Waals surface area contributed by atoms with E-state index >= 15 is 0 Å². The molecule has 0 amide bonds. The van der Waals surface area contributed by atoms with E-state index in [0.717, 1.165) is 22.9 Å². The van der Waals surface area contributed by atoms with Gasteiger partial charge in [0.15, 0.2) is 5.78 Å². The fourth-order valence-electron chi connectivity index (χ4n) is 2.76. The lowest BCUT2D eigenvalue weighted by Gasteiger charge is -2.05. The Morgan fingerprint density at radius 3 is 2.48 bits per heavy atom. The Bertz CT molecular complexity index is 965. The van der Waals surface area contributed by atoms with Gasteiger partial charge >= 0.3 is 0 Å². The molecule has 6 nitrogen and oxygen atoms in total. The zero-order valence-corrected chi connectivity index (χ0v) is 15.9. The molecule has 27 heavy (non-hydrogen) atoms. The zero-order chi connectivity index (χ0) is 19.4. The van der Waals surface area contributed by atoms with Crippen molar-refractivity contribution in [3.63, 3.8) is 0 Å². The number of carbonyl (C=O) groups excluding carboxylic acids is 1. The number of carbonyl (C=O) groups is 1. The molecule has 0 saturated heterocycles. The van der Waals surface area contributed by atoms with Crippen LogP contribution in [0.3, 0.4) is 0 Å². The Balaban J connectivity index is 1.61. The van der Waals surface area contributed by atoms with Gasteiger partial charge in [-0.15, -0.1) is 0 Å². The second-order valence-electron chi connectivity index (χ2n) is 6.14. The summed E-state index contributed by atoms with van der Waals surface area (Å²) in [5.41, 5.74) is 2.19. The summed E-state index contributed by atoms with van der Waals surface area (Å²) in [6.45, 7) is 4.01. The van der Waals surface area contributed by atoms with E-state index in [1.54, 1.807) is 23.9 Å². The number of nitrogens with zero attached hydrogens (tertiary/aromatic N) is 2. The van der Waals surface area contributed by atoms with Crippen LogP contribution in [0.25, 0.3) is 6.08 Å². The fraction of sp³-hybridized carbons (Fsp3) is 0.238. The van der Waals surface area contributed by atoms with Crippen LogP contribution in [0.5, 0.6) is 11.5 Å². The third kappa shape index (κ3) is 4.28. The van der Waals surface area contributed by atoms with Gasteiger partial charge in [0.25, 0.3) is 0 Å². The highest BCUT2D eigenvalue weighted by Gasteiger charge is 2.15. The summed E-state index contributed by atoms with van der Waals surface area (Å²) >= 11 is 0. The predicted octanol–water partition coefficient (Wildman–Crippen LogP) is 4.11. The first-order chi connectivity index (χ1) is 13.0. The van der Waals surface area contributed by atoms with E-state index in [2.05, 4.69) is 5.10 Å². The molecule has 0 saturated carbocycles. The number of allylic oxidation sites excluding steroid dienone is 1. The van der Waals surface area contributed by atoms with Gasteiger partial charge in [0.2, 0.25) is 0 Å². The van der Waals surface area contributed by atoms with Crippen LogP contribution in [0.15, 0.2) is 46.9 Å². The van der Waals surface area contributed by atoms with E-state index in [-0.39, 0.29) is 5.78 Å². The number of rotatable bonds is 7. The van der Waals surface area contributed by atoms with Crippen LogP contribution in [-0.2, 0) is 13.7 Å². The predicted molar refractivity (Wildman–Crippen MR) is 102 cm³/mol. The molecule has 0 spiro atoms. The largest absolute Gasteiger partial charge is 0.497 e. The summed E-state index contributed by atoms with van der Waals surface area (Å²) in [6.07, 6.45) is 3.16. The molecule has 3 aromatic rings. The van der Waals surface area contributed by atoms with E-state index in [1.807, 2.05) is 51.2 Å². The van der Waals surface area contributed by atoms with Crippen molar-refractivity contribution in [3.8, 4) is 11.5 Å². The molecule has 0 atom stereocenters. The Kier molecular flexibility index (Phi) is 5.45. The number of ether oxygens (including phenoxy) is 2. The van der Waals surface area contributed by atoms with Crippen LogP contribution >= 0.6 is 0 Å². The van der Waals surface area contributed by atoms with E-state index < -0.39 is 0 Å². The van der Waals surface area contributed by atoms with Gasteiger partial charge in [0.1, 0.15) is 29.6 Å². The summed E-state index contributed by atoms with van der Waals surface area (Å²) in [5, 5.41) is 4.27. The molecule has 0 unspecified atom stereocenters. The smallest absolute Gasteiger partial charge is 0.189 e. The maximum absolute atomic E-state index is 12.4. The van der Waals surface area contributed by atoms with E-state index in [0.29, 0.717) is 23.7 Å². The number of hydrogen-bond donors (Lipinski definition) is 0. The maximum Gasteiger partial charge on any atom is 0.189 e. The topological polar surface area (TPSA) is 66.5 Å². The van der Waals surface area contributed by atoms with Crippen LogP contribution in [0.4, 0.5) is 0 Å². The molecule has 0 aliphatic rings. The first kappa shape index (κ1) is 18.5. The van der Waals surface area contributed by atoms with Crippen molar-refractivity contribution in [2.45, 2.75) is 20.5 Å². The van der Waals surface area contributed by atoms with Gasteiger partial charge < -0.3 is 13.9 Å². The minimum Gasteiger partial charge on any atom is -0.497 e. The molecule has 6 heteroatoms. The molecule has 0 N–H and O–H groups in total. The van der Waals surface area contributed by atoms with E-state index in [9.17, 15) is 4.79 Å². The Morgan fingerprint density at radius 2 is 1.85 bits per heavy atom. The molecule has 3 rings (SSSR count). The van der Waals surface area contributed by atoms with Gasteiger partial charge in [-0.3, -0.25) is 9.48 Å². The van der Waals surface area contributed by atoms with Crippen molar-refractivity contribution in [1.82, 2.24) is 9.78 Å². The fourth-order valence-corrected chi connectivity index (χ4v) is 2.76. The average Bonchev–Trinajstić information content (AvgIpc) is 3.22. The first-order valence-electron chi connectivity index (χ1n) is 8.56. The van der Waals surface area contributed by atoms with Gasteiger partial charge in [-0.25, -0.2) is 0 Å². The number of methoxy groups -OCH3 is 1. The molecular formula is C21H22N2O4. The van der Waals surface area contributed by atoms with Gasteiger partial charge in [-0.05, 0) is 62.4 Å². The van der Waals surface area contributed by atoms with Gasteiger partial charge in [-0.1, -0.05) is 0 Å². The Morgan fingerprint density at radius 1 is 1.15 bits per heavy atom. The first-order valence-corrected chi connectivity index (χ1v) is 8.56. The van der Waals surface area contributed by atoms with Crippen molar-refractivity contribution < 1.29 is 18.7 Å². The molecular weight excluding hydrogens is 344 g/mol. The van der Waals surface area contributed by atoms with Crippen molar-refractivity contribution in [2.75, 3.05) is 7.11 Å². The molecule has 0 aliphatic heterocycles. The number of benzene rings is 1. The summed E-state index contributed by atoms with van der Waals surface area (Å²) in [4.78, 5) is 12.4. The zero-order valence-electron chi connectivity index (χ0n) is 15.9. The highest BCUT2D eigenvalue weighted by Crippen LogP contribution is 2.19. The highest BCUT2D eigenvalue weighted by molar-refractivity contribution is 6.08. The van der Waals surface area contributed by atoms with Crippen LogP contribution < -0.4 is 9.47 Å². The van der Waals surface area contributed by atoms with Crippen LogP contribution in [-0.4, -0.2) is 22.7 Å². The monoisotopic (exact) mass is 366 g/mol. The number of furan rings is 1. The molecule has 140 valence electrons. The Hall–Kier alpha value is -3.28.